The van der Waals surface area contributed by atoms with Crippen LogP contribution in [0.5, 0.6) is 0 Å². The molecule has 0 fully saturated rings. The third-order valence-electron chi connectivity index (χ3n) is 3.55. The van der Waals surface area contributed by atoms with E-state index in [1.807, 2.05) is 32.0 Å². The van der Waals surface area contributed by atoms with E-state index >= 15 is 0 Å². The molecule has 0 unspecified atom stereocenters. The first-order valence-corrected chi connectivity index (χ1v) is 8.50. The molecule has 25 heavy (non-hydrogen) atoms. The fraction of sp³-hybridized carbons (Fsp3) is 0.300. The quantitative estimate of drug-likeness (QED) is 0.648. The minimum atomic E-state index is -0.146. The molecule has 0 saturated heterocycles. The molecule has 0 atom stereocenters. The van der Waals surface area contributed by atoms with Gasteiger partial charge in [-0.2, -0.15) is 0 Å². The number of nitrogens with one attached hydrogen (secondary N) is 3. The zero-order valence-corrected chi connectivity index (χ0v) is 14.7. The monoisotopic (exact) mass is 339 g/mol. The van der Waals surface area contributed by atoms with Gasteiger partial charge in [-0.25, -0.2) is 0 Å². The molecule has 0 radical (unpaired) electrons. The lowest BCUT2D eigenvalue weighted by atomic mass is 10.1. The smallest absolute Gasteiger partial charge is 0.251 e. The van der Waals surface area contributed by atoms with E-state index in [2.05, 4.69) is 28.1 Å². The zero-order chi connectivity index (χ0) is 18.1. The molecule has 5 heteroatoms. The van der Waals surface area contributed by atoms with Crippen LogP contribution in [-0.2, 0) is 11.2 Å². The zero-order valence-electron chi connectivity index (χ0n) is 14.7. The van der Waals surface area contributed by atoms with Crippen molar-refractivity contribution in [2.45, 2.75) is 26.3 Å². The van der Waals surface area contributed by atoms with Gasteiger partial charge in [0.1, 0.15) is 0 Å². The predicted octanol–water partition coefficient (Wildman–Crippen LogP) is 2.60. The molecule has 2 aromatic carbocycles. The van der Waals surface area contributed by atoms with Gasteiger partial charge >= 0.3 is 0 Å². The van der Waals surface area contributed by atoms with Gasteiger partial charge in [0.2, 0.25) is 5.91 Å². The van der Waals surface area contributed by atoms with Crippen LogP contribution in [0.2, 0.25) is 0 Å². The normalized spacial score (nSPS) is 10.5. The maximum atomic E-state index is 12.0. The van der Waals surface area contributed by atoms with Gasteiger partial charge in [0.15, 0.2) is 0 Å². The molecule has 2 aromatic rings. The third kappa shape index (κ3) is 6.77. The molecule has 0 spiro atoms. The van der Waals surface area contributed by atoms with Gasteiger partial charge in [0.25, 0.3) is 5.91 Å². The van der Waals surface area contributed by atoms with Crippen LogP contribution < -0.4 is 16.0 Å². The van der Waals surface area contributed by atoms with Crippen LogP contribution in [-0.4, -0.2) is 30.9 Å². The van der Waals surface area contributed by atoms with E-state index in [-0.39, 0.29) is 24.4 Å². The average molecular weight is 339 g/mol. The number of rotatable bonds is 8. The van der Waals surface area contributed by atoms with Crippen LogP contribution >= 0.6 is 0 Å². The molecular weight excluding hydrogens is 314 g/mol. The maximum absolute atomic E-state index is 12.0. The van der Waals surface area contributed by atoms with Crippen molar-refractivity contribution in [1.29, 1.82) is 0 Å². The number of amides is 2. The second kappa shape index (κ2) is 9.59. The molecule has 0 saturated carbocycles. The van der Waals surface area contributed by atoms with E-state index in [0.29, 0.717) is 11.3 Å². The summed E-state index contributed by atoms with van der Waals surface area (Å²) in [7, 11) is 0. The van der Waals surface area contributed by atoms with Gasteiger partial charge in [-0.3, -0.25) is 9.59 Å². The van der Waals surface area contributed by atoms with Gasteiger partial charge in [-0.15, -0.1) is 0 Å². The molecule has 2 rings (SSSR count). The van der Waals surface area contributed by atoms with Crippen molar-refractivity contribution in [2.75, 3.05) is 18.4 Å². The lowest BCUT2D eigenvalue weighted by Crippen LogP contribution is -2.31. The first kappa shape index (κ1) is 18.7. The van der Waals surface area contributed by atoms with Gasteiger partial charge in [0.05, 0.1) is 6.54 Å². The summed E-state index contributed by atoms with van der Waals surface area (Å²) in [5.74, 6) is -0.276. The van der Waals surface area contributed by atoms with Crippen LogP contribution in [0, 0.1) is 0 Å². The van der Waals surface area contributed by atoms with Crippen molar-refractivity contribution in [1.82, 2.24) is 10.6 Å². The minimum absolute atomic E-state index is 0.0690. The fourth-order valence-corrected chi connectivity index (χ4v) is 2.37. The number of benzene rings is 2. The van der Waals surface area contributed by atoms with Crippen LogP contribution in [0.25, 0.3) is 0 Å². The summed E-state index contributed by atoms with van der Waals surface area (Å²) in [5.41, 5.74) is 2.38. The number of hydrogen-bond donors (Lipinski definition) is 3. The Kier molecular flexibility index (Phi) is 7.16. The van der Waals surface area contributed by atoms with Crippen LogP contribution in [0.15, 0.2) is 54.6 Å². The summed E-state index contributed by atoms with van der Waals surface area (Å²) in [4.78, 5) is 24.0. The van der Waals surface area contributed by atoms with Crippen molar-refractivity contribution < 1.29 is 9.59 Å². The molecule has 2 amide bonds. The number of hydrogen-bond acceptors (Lipinski definition) is 3. The lowest BCUT2D eigenvalue weighted by molar-refractivity contribution is -0.115. The Labute approximate surface area is 148 Å². The van der Waals surface area contributed by atoms with Crippen LogP contribution in [0.1, 0.15) is 29.8 Å². The van der Waals surface area contributed by atoms with Gasteiger partial charge < -0.3 is 16.0 Å². The first-order chi connectivity index (χ1) is 12.0. The Balaban J connectivity index is 1.77. The molecule has 132 valence electrons. The SMILES string of the molecule is CC(C)NC(=O)c1cccc(NC(=O)CNCCc2ccccc2)c1. The van der Waals surface area contributed by atoms with E-state index in [1.165, 1.54) is 5.56 Å². The highest BCUT2D eigenvalue weighted by molar-refractivity contribution is 5.97. The van der Waals surface area contributed by atoms with Gasteiger partial charge in [-0.05, 0) is 50.6 Å². The molecular formula is C20H25N3O2. The topological polar surface area (TPSA) is 70.2 Å². The second-order valence-corrected chi connectivity index (χ2v) is 6.17. The van der Waals surface area contributed by atoms with Crippen molar-refractivity contribution in [2.24, 2.45) is 0 Å². The Morgan fingerprint density at radius 3 is 2.48 bits per heavy atom. The van der Waals surface area contributed by atoms with Gasteiger partial charge in [-0.1, -0.05) is 36.4 Å². The van der Waals surface area contributed by atoms with Gasteiger partial charge in [0, 0.05) is 17.3 Å². The van der Waals surface area contributed by atoms with Crippen LogP contribution in [0.3, 0.4) is 0 Å². The molecule has 0 aliphatic carbocycles. The Morgan fingerprint density at radius 1 is 1.00 bits per heavy atom. The van der Waals surface area contributed by atoms with E-state index in [0.717, 1.165) is 13.0 Å². The number of carbonyl (C=O) groups is 2. The largest absolute Gasteiger partial charge is 0.350 e. The number of carbonyl (C=O) groups excluding carboxylic acids is 2. The lowest BCUT2D eigenvalue weighted by Gasteiger charge is -2.10. The molecule has 3 N–H and O–H groups in total. The molecule has 0 heterocycles. The van der Waals surface area contributed by atoms with Crippen molar-refractivity contribution in [3.63, 3.8) is 0 Å². The first-order valence-electron chi connectivity index (χ1n) is 8.50. The van der Waals surface area contributed by atoms with E-state index < -0.39 is 0 Å². The molecule has 0 aliphatic heterocycles. The number of anilines is 1. The Hall–Kier alpha value is -2.66. The highest BCUT2D eigenvalue weighted by Gasteiger charge is 2.08. The fourth-order valence-electron chi connectivity index (χ4n) is 2.37. The Bertz CT molecular complexity index is 699. The minimum Gasteiger partial charge on any atom is -0.350 e. The summed E-state index contributed by atoms with van der Waals surface area (Å²) < 4.78 is 0. The van der Waals surface area contributed by atoms with Crippen molar-refractivity contribution in [3.8, 4) is 0 Å². The summed E-state index contributed by atoms with van der Waals surface area (Å²) in [6.07, 6.45) is 0.874. The maximum Gasteiger partial charge on any atom is 0.251 e. The molecule has 0 aromatic heterocycles. The predicted molar refractivity (Wildman–Crippen MR) is 101 cm³/mol. The second-order valence-electron chi connectivity index (χ2n) is 6.17. The van der Waals surface area contributed by atoms with Crippen LogP contribution in [0.4, 0.5) is 5.69 Å². The van der Waals surface area contributed by atoms with Crippen molar-refractivity contribution >= 4 is 17.5 Å². The molecule has 0 bridgehead atoms. The van der Waals surface area contributed by atoms with E-state index in [9.17, 15) is 9.59 Å². The summed E-state index contributed by atoms with van der Waals surface area (Å²) in [6, 6.07) is 17.1. The summed E-state index contributed by atoms with van der Waals surface area (Å²) >= 11 is 0. The summed E-state index contributed by atoms with van der Waals surface area (Å²) in [6.45, 7) is 4.78. The highest BCUT2D eigenvalue weighted by atomic mass is 16.2. The molecule has 5 nitrogen and oxygen atoms in total. The van der Waals surface area contributed by atoms with E-state index in [4.69, 9.17) is 0 Å². The summed E-state index contributed by atoms with van der Waals surface area (Å²) in [5, 5.41) is 8.77. The molecule has 0 aliphatic rings. The highest BCUT2D eigenvalue weighted by Crippen LogP contribution is 2.10. The average Bonchev–Trinajstić information content (AvgIpc) is 2.59. The van der Waals surface area contributed by atoms with Crippen molar-refractivity contribution in [3.05, 3.63) is 65.7 Å². The third-order valence-corrected chi connectivity index (χ3v) is 3.55. The Morgan fingerprint density at radius 2 is 1.76 bits per heavy atom. The standard InChI is InChI=1S/C20H25N3O2/c1-15(2)22-20(25)17-9-6-10-18(13-17)23-19(24)14-21-12-11-16-7-4-3-5-8-16/h3-10,13,15,21H,11-12,14H2,1-2H3,(H,22,25)(H,23,24). The van der Waals surface area contributed by atoms with E-state index in [1.54, 1.807) is 24.3 Å².